The molecule has 106 valence electrons. The lowest BCUT2D eigenvalue weighted by Crippen LogP contribution is -2.30. The van der Waals surface area contributed by atoms with Crippen LogP contribution in [-0.4, -0.2) is 30.4 Å². The Labute approximate surface area is 123 Å². The molecule has 1 aromatic carbocycles. The van der Waals surface area contributed by atoms with Gasteiger partial charge in [-0.25, -0.2) is 0 Å². The summed E-state index contributed by atoms with van der Waals surface area (Å²) in [4.78, 5) is 13.9. The Hall–Kier alpha value is -0.970. The molecule has 0 aliphatic carbocycles. The van der Waals surface area contributed by atoms with Crippen molar-refractivity contribution in [3.8, 4) is 0 Å². The first kappa shape index (κ1) is 16.1. The number of benzene rings is 1. The van der Waals surface area contributed by atoms with Crippen molar-refractivity contribution >= 4 is 40.5 Å². The van der Waals surface area contributed by atoms with Crippen LogP contribution in [0.3, 0.4) is 0 Å². The zero-order chi connectivity index (χ0) is 14.6. The second-order valence-electron chi connectivity index (χ2n) is 4.73. The fraction of sp³-hybridized carbons (Fsp3) is 0.462. The average Bonchev–Trinajstić information content (AvgIpc) is 2.30. The summed E-state index contributed by atoms with van der Waals surface area (Å²) in [6, 6.07) is 3.52. The van der Waals surface area contributed by atoms with E-state index in [1.54, 1.807) is 12.1 Å². The third kappa shape index (κ3) is 4.90. The Morgan fingerprint density at radius 2 is 1.89 bits per heavy atom. The zero-order valence-corrected chi connectivity index (χ0v) is 12.8. The third-order valence-corrected chi connectivity index (χ3v) is 3.50. The highest BCUT2D eigenvalue weighted by atomic mass is 35.5. The molecule has 1 rings (SSSR count). The Morgan fingerprint density at radius 3 is 2.37 bits per heavy atom. The molecule has 0 heterocycles. The quantitative estimate of drug-likeness (QED) is 0.821. The lowest BCUT2D eigenvalue weighted by Gasteiger charge is -2.20. The van der Waals surface area contributed by atoms with Crippen LogP contribution in [0.4, 0.5) is 11.4 Å². The summed E-state index contributed by atoms with van der Waals surface area (Å²) in [5.41, 5.74) is 6.48. The SMILES string of the molecule is CC(C)N(C)CCC(=O)Nc1c(Cl)cc(N)cc1Cl. The minimum absolute atomic E-state index is 0.124. The first-order chi connectivity index (χ1) is 8.81. The number of nitrogen functional groups attached to an aromatic ring is 1. The molecule has 19 heavy (non-hydrogen) atoms. The van der Waals surface area contributed by atoms with Crippen LogP contribution in [-0.2, 0) is 4.79 Å². The maximum absolute atomic E-state index is 11.8. The summed E-state index contributed by atoms with van der Waals surface area (Å²) in [6.07, 6.45) is 0.381. The van der Waals surface area contributed by atoms with Crippen molar-refractivity contribution in [3.05, 3.63) is 22.2 Å². The van der Waals surface area contributed by atoms with E-state index in [4.69, 9.17) is 28.9 Å². The lowest BCUT2D eigenvalue weighted by molar-refractivity contribution is -0.116. The molecule has 4 nitrogen and oxygen atoms in total. The Balaban J connectivity index is 2.63. The number of hydrogen-bond donors (Lipinski definition) is 2. The van der Waals surface area contributed by atoms with Crippen LogP contribution in [0.25, 0.3) is 0 Å². The van der Waals surface area contributed by atoms with Crippen LogP contribution in [0.2, 0.25) is 10.0 Å². The predicted octanol–water partition coefficient (Wildman–Crippen LogP) is 3.24. The van der Waals surface area contributed by atoms with E-state index in [0.29, 0.717) is 40.4 Å². The van der Waals surface area contributed by atoms with E-state index in [9.17, 15) is 4.79 Å². The standard InChI is InChI=1S/C13H19Cl2N3O/c1-8(2)18(3)5-4-12(19)17-13-10(14)6-9(16)7-11(13)15/h6-8H,4-5,16H2,1-3H3,(H,17,19). The van der Waals surface area contributed by atoms with Crippen molar-refractivity contribution in [1.29, 1.82) is 0 Å². The fourth-order valence-corrected chi connectivity index (χ4v) is 2.05. The molecule has 6 heteroatoms. The van der Waals surface area contributed by atoms with Gasteiger partial charge in [-0.1, -0.05) is 23.2 Å². The summed E-state index contributed by atoms with van der Waals surface area (Å²) >= 11 is 12.0. The van der Waals surface area contributed by atoms with Gasteiger partial charge in [0.15, 0.2) is 0 Å². The number of rotatable bonds is 5. The van der Waals surface area contributed by atoms with Gasteiger partial charge >= 0.3 is 0 Å². The first-order valence-electron chi connectivity index (χ1n) is 6.06. The van der Waals surface area contributed by atoms with Crippen molar-refractivity contribution in [2.45, 2.75) is 26.3 Å². The van der Waals surface area contributed by atoms with Gasteiger partial charge in [0.05, 0.1) is 15.7 Å². The highest BCUT2D eigenvalue weighted by Crippen LogP contribution is 2.32. The molecule has 0 aliphatic rings. The summed E-state index contributed by atoms with van der Waals surface area (Å²) < 4.78 is 0. The Bertz CT molecular complexity index is 440. The van der Waals surface area contributed by atoms with Crippen LogP contribution in [0.5, 0.6) is 0 Å². The number of hydrogen-bond acceptors (Lipinski definition) is 3. The molecule has 0 saturated heterocycles. The number of carbonyl (C=O) groups excluding carboxylic acids is 1. The molecule has 3 N–H and O–H groups in total. The Morgan fingerprint density at radius 1 is 1.37 bits per heavy atom. The van der Waals surface area contributed by atoms with Gasteiger partial charge in [0.1, 0.15) is 0 Å². The first-order valence-corrected chi connectivity index (χ1v) is 6.81. The van der Waals surface area contributed by atoms with Crippen molar-refractivity contribution in [2.24, 2.45) is 0 Å². The molecule has 1 aromatic rings. The molecular formula is C13H19Cl2N3O. The molecular weight excluding hydrogens is 285 g/mol. The molecule has 0 radical (unpaired) electrons. The summed E-state index contributed by atoms with van der Waals surface area (Å²) in [7, 11) is 1.97. The van der Waals surface area contributed by atoms with Crippen LogP contribution in [0.1, 0.15) is 20.3 Å². The maximum Gasteiger partial charge on any atom is 0.225 e. The molecule has 0 saturated carbocycles. The van der Waals surface area contributed by atoms with E-state index in [1.165, 1.54) is 0 Å². The van der Waals surface area contributed by atoms with Gasteiger partial charge in [-0.15, -0.1) is 0 Å². The van der Waals surface area contributed by atoms with Gasteiger partial charge < -0.3 is 16.0 Å². The van der Waals surface area contributed by atoms with E-state index < -0.39 is 0 Å². The van der Waals surface area contributed by atoms with Gasteiger partial charge in [-0.2, -0.15) is 0 Å². The fourth-order valence-electron chi connectivity index (χ4n) is 1.45. The third-order valence-electron chi connectivity index (χ3n) is 2.90. The van der Waals surface area contributed by atoms with Crippen LogP contribution < -0.4 is 11.1 Å². The van der Waals surface area contributed by atoms with E-state index in [2.05, 4.69) is 24.1 Å². The minimum Gasteiger partial charge on any atom is -0.399 e. The van der Waals surface area contributed by atoms with Crippen LogP contribution in [0.15, 0.2) is 12.1 Å². The lowest BCUT2D eigenvalue weighted by atomic mass is 10.2. The average molecular weight is 304 g/mol. The van der Waals surface area contributed by atoms with Crippen LogP contribution >= 0.6 is 23.2 Å². The highest BCUT2D eigenvalue weighted by molar-refractivity contribution is 6.40. The molecule has 0 aromatic heterocycles. The van der Waals surface area contributed by atoms with Crippen molar-refractivity contribution < 1.29 is 4.79 Å². The molecule has 0 aliphatic heterocycles. The van der Waals surface area contributed by atoms with Crippen LogP contribution in [0, 0.1) is 0 Å². The number of halogens is 2. The van der Waals surface area contributed by atoms with E-state index >= 15 is 0 Å². The van der Waals surface area contributed by atoms with E-state index in [1.807, 2.05) is 7.05 Å². The number of nitrogens with zero attached hydrogens (tertiary/aromatic N) is 1. The number of amides is 1. The topological polar surface area (TPSA) is 58.4 Å². The van der Waals surface area contributed by atoms with Gasteiger partial charge in [-0.05, 0) is 33.0 Å². The Kier molecular flexibility index (Phi) is 5.91. The summed E-state index contributed by atoms with van der Waals surface area (Å²) in [6.45, 7) is 4.82. The molecule has 0 spiro atoms. The van der Waals surface area contributed by atoms with E-state index in [0.717, 1.165) is 0 Å². The number of anilines is 2. The molecule has 0 bridgehead atoms. The van der Waals surface area contributed by atoms with Crippen molar-refractivity contribution in [2.75, 3.05) is 24.6 Å². The normalized spacial score (nSPS) is 11.1. The maximum atomic E-state index is 11.8. The summed E-state index contributed by atoms with van der Waals surface area (Å²) in [5, 5.41) is 3.40. The summed E-state index contributed by atoms with van der Waals surface area (Å²) in [5.74, 6) is -0.124. The van der Waals surface area contributed by atoms with Crippen molar-refractivity contribution in [3.63, 3.8) is 0 Å². The number of carbonyl (C=O) groups is 1. The molecule has 0 fully saturated rings. The molecule has 0 unspecified atom stereocenters. The zero-order valence-electron chi connectivity index (χ0n) is 11.3. The molecule has 1 amide bonds. The highest BCUT2D eigenvalue weighted by Gasteiger charge is 2.12. The monoisotopic (exact) mass is 303 g/mol. The van der Waals surface area contributed by atoms with E-state index in [-0.39, 0.29) is 5.91 Å². The molecule has 0 atom stereocenters. The van der Waals surface area contributed by atoms with Gasteiger partial charge in [0.2, 0.25) is 5.91 Å². The number of nitrogens with two attached hydrogens (primary N) is 1. The van der Waals surface area contributed by atoms with Crippen molar-refractivity contribution in [1.82, 2.24) is 4.90 Å². The number of nitrogens with one attached hydrogen (secondary N) is 1. The van der Waals surface area contributed by atoms with Gasteiger partial charge in [0, 0.05) is 24.7 Å². The van der Waals surface area contributed by atoms with Gasteiger partial charge in [0.25, 0.3) is 0 Å². The largest absolute Gasteiger partial charge is 0.399 e. The second kappa shape index (κ2) is 6.98. The predicted molar refractivity (Wildman–Crippen MR) is 81.9 cm³/mol. The van der Waals surface area contributed by atoms with Gasteiger partial charge in [-0.3, -0.25) is 4.79 Å². The minimum atomic E-state index is -0.124. The second-order valence-corrected chi connectivity index (χ2v) is 5.55. The smallest absolute Gasteiger partial charge is 0.225 e.